The minimum Gasteiger partial charge on any atom is -0.381 e. The summed E-state index contributed by atoms with van der Waals surface area (Å²) in [7, 11) is 0. The van der Waals surface area contributed by atoms with E-state index in [-0.39, 0.29) is 18.1 Å². The maximum atomic E-state index is 12.4. The third kappa shape index (κ3) is 2.78. The minimum atomic E-state index is -0.136. The Hall–Kier alpha value is -2.08. The van der Waals surface area contributed by atoms with Gasteiger partial charge in [0.15, 0.2) is 0 Å². The second-order valence-corrected chi connectivity index (χ2v) is 5.64. The number of para-hydroxylation sites is 2. The van der Waals surface area contributed by atoms with Crippen LogP contribution in [-0.4, -0.2) is 34.8 Å². The highest BCUT2D eigenvalue weighted by Crippen LogP contribution is 2.13. The molecule has 0 saturated carbocycles. The van der Waals surface area contributed by atoms with E-state index in [1.165, 1.54) is 0 Å². The van der Waals surface area contributed by atoms with Crippen molar-refractivity contribution in [1.82, 2.24) is 14.5 Å². The first-order valence-corrected chi connectivity index (χ1v) is 7.73. The number of nitrogens with zero attached hydrogens (tertiary/aromatic N) is 2. The first kappa shape index (κ1) is 14.8. The Morgan fingerprint density at radius 1 is 1.32 bits per heavy atom. The molecular formula is C16H21N3O3. The first-order chi connectivity index (χ1) is 10.7. The predicted molar refractivity (Wildman–Crippen MR) is 83.8 cm³/mol. The summed E-state index contributed by atoms with van der Waals surface area (Å²) < 4.78 is 8.52. The number of hydrogen-bond acceptors (Lipinski definition) is 3. The summed E-state index contributed by atoms with van der Waals surface area (Å²) in [5, 5.41) is 2.90. The van der Waals surface area contributed by atoms with Crippen molar-refractivity contribution in [3.05, 3.63) is 34.7 Å². The van der Waals surface area contributed by atoms with Crippen molar-refractivity contribution in [3.8, 4) is 0 Å². The van der Waals surface area contributed by atoms with Crippen LogP contribution in [0.5, 0.6) is 0 Å². The van der Waals surface area contributed by atoms with Crippen LogP contribution in [0.25, 0.3) is 11.0 Å². The van der Waals surface area contributed by atoms with Gasteiger partial charge in [0.25, 0.3) is 0 Å². The number of carbonyl (C=O) groups excluding carboxylic acids is 1. The lowest BCUT2D eigenvalue weighted by atomic mass is 10.1. The first-order valence-electron chi connectivity index (χ1n) is 7.73. The van der Waals surface area contributed by atoms with Crippen molar-refractivity contribution >= 4 is 16.9 Å². The van der Waals surface area contributed by atoms with Crippen molar-refractivity contribution < 1.29 is 9.53 Å². The van der Waals surface area contributed by atoms with Gasteiger partial charge in [0.1, 0.15) is 6.54 Å². The number of hydrogen-bond donors (Lipinski definition) is 1. The maximum Gasteiger partial charge on any atom is 0.329 e. The number of ether oxygens (including phenoxy) is 1. The molecule has 1 N–H and O–H groups in total. The molecule has 1 aliphatic rings. The van der Waals surface area contributed by atoms with Gasteiger partial charge >= 0.3 is 5.69 Å². The number of benzene rings is 1. The molecule has 0 unspecified atom stereocenters. The SMILES string of the molecule is CCn1c(=O)n(CC(=O)NC[C@@H]2CCOC2)c2ccccc21. The Kier molecular flexibility index (Phi) is 4.29. The van der Waals surface area contributed by atoms with E-state index in [0.717, 1.165) is 24.1 Å². The summed E-state index contributed by atoms with van der Waals surface area (Å²) in [5.41, 5.74) is 1.53. The normalized spacial score (nSPS) is 18.0. The number of rotatable bonds is 5. The largest absolute Gasteiger partial charge is 0.381 e. The molecule has 3 rings (SSSR count). The van der Waals surface area contributed by atoms with Gasteiger partial charge in [0.05, 0.1) is 17.6 Å². The van der Waals surface area contributed by atoms with Gasteiger partial charge in [-0.15, -0.1) is 0 Å². The van der Waals surface area contributed by atoms with Crippen LogP contribution in [0.4, 0.5) is 0 Å². The molecule has 1 fully saturated rings. The Balaban J connectivity index is 1.77. The van der Waals surface area contributed by atoms with Gasteiger partial charge in [-0.2, -0.15) is 0 Å². The lowest BCUT2D eigenvalue weighted by molar-refractivity contribution is -0.121. The van der Waals surface area contributed by atoms with Crippen LogP contribution in [0.2, 0.25) is 0 Å². The molecular weight excluding hydrogens is 282 g/mol. The molecule has 1 aromatic heterocycles. The number of fused-ring (bicyclic) bond motifs is 1. The van der Waals surface area contributed by atoms with E-state index in [1.807, 2.05) is 31.2 Å². The van der Waals surface area contributed by atoms with Crippen LogP contribution >= 0.6 is 0 Å². The zero-order valence-electron chi connectivity index (χ0n) is 12.7. The molecule has 1 aromatic carbocycles. The molecule has 1 aliphatic heterocycles. The molecule has 0 spiro atoms. The summed E-state index contributed by atoms with van der Waals surface area (Å²) in [4.78, 5) is 24.6. The number of carbonyl (C=O) groups is 1. The number of nitrogens with one attached hydrogen (secondary N) is 1. The standard InChI is InChI=1S/C16H21N3O3/c1-2-18-13-5-3-4-6-14(13)19(16(18)21)10-15(20)17-9-12-7-8-22-11-12/h3-6,12H,2,7-11H2,1H3,(H,17,20)/t12-/m0/s1. The third-order valence-electron chi connectivity index (χ3n) is 4.15. The summed E-state index contributed by atoms with van der Waals surface area (Å²) in [6, 6.07) is 7.57. The highest BCUT2D eigenvalue weighted by atomic mass is 16.5. The van der Waals surface area contributed by atoms with Gasteiger partial charge in [-0.3, -0.25) is 13.9 Å². The van der Waals surface area contributed by atoms with Gasteiger partial charge in [-0.25, -0.2) is 4.79 Å². The molecule has 0 radical (unpaired) electrons. The second-order valence-electron chi connectivity index (χ2n) is 5.64. The third-order valence-corrected chi connectivity index (χ3v) is 4.15. The fourth-order valence-corrected chi connectivity index (χ4v) is 2.93. The van der Waals surface area contributed by atoms with E-state index < -0.39 is 0 Å². The van der Waals surface area contributed by atoms with E-state index in [0.29, 0.717) is 25.6 Å². The van der Waals surface area contributed by atoms with Crippen molar-refractivity contribution in [1.29, 1.82) is 0 Å². The van der Waals surface area contributed by atoms with Crippen LogP contribution in [0, 0.1) is 5.92 Å². The molecule has 118 valence electrons. The van der Waals surface area contributed by atoms with Gasteiger partial charge in [0.2, 0.25) is 5.91 Å². The predicted octanol–water partition coefficient (Wildman–Crippen LogP) is 0.976. The van der Waals surface area contributed by atoms with Crippen LogP contribution in [0.3, 0.4) is 0 Å². The summed E-state index contributed by atoms with van der Waals surface area (Å²) in [6.07, 6.45) is 0.982. The average Bonchev–Trinajstić information content (AvgIpc) is 3.13. The van der Waals surface area contributed by atoms with Crippen LogP contribution < -0.4 is 11.0 Å². The molecule has 0 bridgehead atoms. The lowest BCUT2D eigenvalue weighted by Gasteiger charge is -2.09. The van der Waals surface area contributed by atoms with Crippen molar-refractivity contribution in [2.45, 2.75) is 26.4 Å². The van der Waals surface area contributed by atoms with Crippen LogP contribution in [0.1, 0.15) is 13.3 Å². The quantitative estimate of drug-likeness (QED) is 0.895. The van der Waals surface area contributed by atoms with E-state index in [1.54, 1.807) is 9.13 Å². The number of amides is 1. The molecule has 1 amide bonds. The molecule has 1 atom stereocenters. The Morgan fingerprint density at radius 2 is 2.05 bits per heavy atom. The fourth-order valence-electron chi connectivity index (χ4n) is 2.93. The molecule has 6 heteroatoms. The smallest absolute Gasteiger partial charge is 0.329 e. The van der Waals surface area contributed by atoms with Crippen molar-refractivity contribution in [2.24, 2.45) is 5.92 Å². The Labute approximate surface area is 128 Å². The maximum absolute atomic E-state index is 12.4. The minimum absolute atomic E-state index is 0.0555. The van der Waals surface area contributed by atoms with Gasteiger partial charge in [-0.1, -0.05) is 12.1 Å². The fraction of sp³-hybridized carbons (Fsp3) is 0.500. The van der Waals surface area contributed by atoms with E-state index in [2.05, 4.69) is 5.32 Å². The summed E-state index contributed by atoms with van der Waals surface area (Å²) in [5.74, 6) is 0.255. The van der Waals surface area contributed by atoms with Crippen LogP contribution in [-0.2, 0) is 22.6 Å². The molecule has 22 heavy (non-hydrogen) atoms. The number of aromatic nitrogens is 2. The van der Waals surface area contributed by atoms with E-state index in [9.17, 15) is 9.59 Å². The summed E-state index contributed by atoms with van der Waals surface area (Å²) >= 11 is 0. The molecule has 2 aromatic rings. The monoisotopic (exact) mass is 303 g/mol. The lowest BCUT2D eigenvalue weighted by Crippen LogP contribution is -2.35. The average molecular weight is 303 g/mol. The van der Waals surface area contributed by atoms with E-state index in [4.69, 9.17) is 4.74 Å². The highest BCUT2D eigenvalue weighted by molar-refractivity contribution is 5.80. The van der Waals surface area contributed by atoms with E-state index >= 15 is 0 Å². The topological polar surface area (TPSA) is 65.3 Å². The molecule has 2 heterocycles. The van der Waals surface area contributed by atoms with Crippen molar-refractivity contribution in [2.75, 3.05) is 19.8 Å². The zero-order valence-corrected chi connectivity index (χ0v) is 12.7. The Bertz CT molecular complexity index is 726. The van der Waals surface area contributed by atoms with Crippen LogP contribution in [0.15, 0.2) is 29.1 Å². The molecule has 0 aliphatic carbocycles. The second kappa shape index (κ2) is 6.36. The van der Waals surface area contributed by atoms with Gasteiger partial charge in [-0.05, 0) is 25.5 Å². The highest BCUT2D eigenvalue weighted by Gasteiger charge is 2.18. The zero-order chi connectivity index (χ0) is 15.5. The van der Waals surface area contributed by atoms with Gasteiger partial charge in [0, 0.05) is 25.6 Å². The van der Waals surface area contributed by atoms with Crippen molar-refractivity contribution in [3.63, 3.8) is 0 Å². The van der Waals surface area contributed by atoms with Gasteiger partial charge < -0.3 is 10.1 Å². The molecule has 1 saturated heterocycles. The number of aryl methyl sites for hydroxylation is 1. The number of imidazole rings is 1. The molecule has 6 nitrogen and oxygen atoms in total. The Morgan fingerprint density at radius 3 is 2.68 bits per heavy atom. The summed E-state index contributed by atoms with van der Waals surface area (Å²) in [6.45, 7) is 4.66.